The average Bonchev–Trinajstić information content (AvgIpc) is 3.01. The molecule has 0 bridgehead atoms. The number of aromatic nitrogens is 2. The monoisotopic (exact) mass is 329 g/mol. The Hall–Kier alpha value is -2.51. The number of hydrogen-bond donors (Lipinski definition) is 1. The Kier molecular flexibility index (Phi) is 4.22. The molecule has 0 saturated heterocycles. The van der Waals surface area contributed by atoms with Gasteiger partial charge in [-0.3, -0.25) is 4.98 Å². The first-order valence-corrected chi connectivity index (χ1v) is 8.45. The Morgan fingerprint density at radius 3 is 2.52 bits per heavy atom. The van der Waals surface area contributed by atoms with Gasteiger partial charge in [-0.2, -0.15) is 0 Å². The smallest absolute Gasteiger partial charge is 0.240 e. The van der Waals surface area contributed by atoms with E-state index in [1.54, 1.807) is 49.5 Å². The quantitative estimate of drug-likeness (QED) is 0.777. The van der Waals surface area contributed by atoms with Gasteiger partial charge < -0.3 is 4.42 Å². The molecule has 3 rings (SSSR count). The van der Waals surface area contributed by atoms with Crippen LogP contribution in [0, 0.1) is 6.92 Å². The zero-order valence-electron chi connectivity index (χ0n) is 12.4. The Morgan fingerprint density at radius 1 is 1.13 bits per heavy atom. The van der Waals surface area contributed by atoms with Crippen molar-refractivity contribution in [3.05, 3.63) is 66.5 Å². The van der Waals surface area contributed by atoms with Crippen LogP contribution in [-0.4, -0.2) is 18.4 Å². The van der Waals surface area contributed by atoms with Crippen LogP contribution in [0.15, 0.2) is 64.2 Å². The number of aryl methyl sites for hydroxylation is 1. The molecule has 0 aliphatic rings. The molecule has 0 fully saturated rings. The third-order valence-corrected chi connectivity index (χ3v) is 4.67. The van der Waals surface area contributed by atoms with Gasteiger partial charge in [0.25, 0.3) is 0 Å². The average molecular weight is 329 g/mol. The van der Waals surface area contributed by atoms with Crippen molar-refractivity contribution >= 4 is 10.0 Å². The highest BCUT2D eigenvalue weighted by Crippen LogP contribution is 2.20. The fourth-order valence-corrected chi connectivity index (χ4v) is 3.05. The first-order chi connectivity index (χ1) is 11.0. The van der Waals surface area contributed by atoms with Gasteiger partial charge in [0, 0.05) is 18.7 Å². The van der Waals surface area contributed by atoms with E-state index in [1.807, 2.05) is 6.07 Å². The van der Waals surface area contributed by atoms with Crippen LogP contribution in [0.2, 0.25) is 0 Å². The number of rotatable bonds is 5. The molecule has 23 heavy (non-hydrogen) atoms. The number of sulfonamides is 1. The number of oxazole rings is 1. The summed E-state index contributed by atoms with van der Waals surface area (Å²) in [6, 6.07) is 11.8. The van der Waals surface area contributed by atoms with Crippen molar-refractivity contribution in [1.29, 1.82) is 0 Å². The summed E-state index contributed by atoms with van der Waals surface area (Å²) in [5, 5.41) is 0. The first kappa shape index (κ1) is 15.4. The van der Waals surface area contributed by atoms with Crippen LogP contribution in [-0.2, 0) is 16.6 Å². The second-order valence-corrected chi connectivity index (χ2v) is 6.69. The summed E-state index contributed by atoms with van der Waals surface area (Å²) < 4.78 is 32.3. The van der Waals surface area contributed by atoms with Crippen molar-refractivity contribution in [1.82, 2.24) is 14.7 Å². The van der Waals surface area contributed by atoms with Crippen molar-refractivity contribution in [2.45, 2.75) is 18.4 Å². The Balaban J connectivity index is 1.75. The van der Waals surface area contributed by atoms with Crippen molar-refractivity contribution in [3.8, 4) is 11.3 Å². The van der Waals surface area contributed by atoms with Crippen LogP contribution in [0.5, 0.6) is 0 Å². The highest BCUT2D eigenvalue weighted by atomic mass is 32.2. The lowest BCUT2D eigenvalue weighted by Gasteiger charge is -2.07. The highest BCUT2D eigenvalue weighted by Gasteiger charge is 2.14. The molecule has 0 amide bonds. The molecule has 0 aliphatic carbocycles. The maximum atomic E-state index is 12.3. The minimum absolute atomic E-state index is 0.146. The van der Waals surface area contributed by atoms with Gasteiger partial charge in [0.2, 0.25) is 10.0 Å². The van der Waals surface area contributed by atoms with Gasteiger partial charge >= 0.3 is 0 Å². The van der Waals surface area contributed by atoms with E-state index in [2.05, 4.69) is 14.7 Å². The molecule has 0 aliphatic heterocycles. The van der Waals surface area contributed by atoms with Gasteiger partial charge in [0.05, 0.1) is 17.1 Å². The van der Waals surface area contributed by atoms with Crippen molar-refractivity contribution in [2.24, 2.45) is 0 Å². The normalized spacial score (nSPS) is 11.5. The minimum Gasteiger partial charge on any atom is -0.449 e. The van der Waals surface area contributed by atoms with E-state index in [-0.39, 0.29) is 11.4 Å². The van der Waals surface area contributed by atoms with Gasteiger partial charge in [-0.15, -0.1) is 0 Å². The largest absolute Gasteiger partial charge is 0.449 e. The molecule has 118 valence electrons. The second kappa shape index (κ2) is 6.31. The van der Waals surface area contributed by atoms with Gasteiger partial charge in [-0.1, -0.05) is 18.2 Å². The van der Waals surface area contributed by atoms with Gasteiger partial charge in [0.15, 0.2) is 5.89 Å². The summed E-state index contributed by atoms with van der Waals surface area (Å²) in [4.78, 5) is 8.49. The van der Waals surface area contributed by atoms with E-state index in [0.717, 1.165) is 5.56 Å². The van der Waals surface area contributed by atoms with Crippen LogP contribution in [0.4, 0.5) is 0 Å². The molecular formula is C16H15N3O3S. The predicted octanol–water partition coefficient (Wildman–Crippen LogP) is 2.52. The third-order valence-electron chi connectivity index (χ3n) is 3.25. The number of hydrogen-bond acceptors (Lipinski definition) is 5. The van der Waals surface area contributed by atoms with Crippen LogP contribution < -0.4 is 4.72 Å². The lowest BCUT2D eigenvalue weighted by molar-refractivity contribution is 0.521. The van der Waals surface area contributed by atoms with Crippen LogP contribution >= 0.6 is 0 Å². The molecule has 0 spiro atoms. The van der Waals surface area contributed by atoms with E-state index in [0.29, 0.717) is 17.3 Å². The minimum atomic E-state index is -3.59. The molecule has 2 heterocycles. The van der Waals surface area contributed by atoms with E-state index in [1.165, 1.54) is 6.26 Å². The van der Waals surface area contributed by atoms with Crippen molar-refractivity contribution < 1.29 is 12.8 Å². The van der Waals surface area contributed by atoms with Crippen LogP contribution in [0.25, 0.3) is 11.3 Å². The Morgan fingerprint density at radius 2 is 1.91 bits per heavy atom. The Labute approximate surface area is 134 Å². The summed E-state index contributed by atoms with van der Waals surface area (Å²) in [7, 11) is -3.59. The molecule has 0 radical (unpaired) electrons. The molecule has 1 aromatic carbocycles. The van der Waals surface area contributed by atoms with E-state index >= 15 is 0 Å². The lowest BCUT2D eigenvalue weighted by atomic mass is 10.2. The number of nitrogens with zero attached hydrogens (tertiary/aromatic N) is 2. The highest BCUT2D eigenvalue weighted by molar-refractivity contribution is 7.89. The van der Waals surface area contributed by atoms with E-state index < -0.39 is 10.0 Å². The molecule has 0 unspecified atom stereocenters. The first-order valence-electron chi connectivity index (χ1n) is 6.97. The number of benzene rings is 1. The van der Waals surface area contributed by atoms with Gasteiger partial charge in [-0.25, -0.2) is 18.1 Å². The molecule has 0 atom stereocenters. The third kappa shape index (κ3) is 3.64. The lowest BCUT2D eigenvalue weighted by Crippen LogP contribution is -2.23. The second-order valence-electron chi connectivity index (χ2n) is 4.92. The topological polar surface area (TPSA) is 85.1 Å². The van der Waals surface area contributed by atoms with E-state index in [9.17, 15) is 8.42 Å². The van der Waals surface area contributed by atoms with Crippen LogP contribution in [0.3, 0.4) is 0 Å². The maximum Gasteiger partial charge on any atom is 0.240 e. The molecule has 1 N–H and O–H groups in total. The summed E-state index contributed by atoms with van der Waals surface area (Å²) >= 11 is 0. The van der Waals surface area contributed by atoms with Crippen LogP contribution in [0.1, 0.15) is 11.6 Å². The summed E-state index contributed by atoms with van der Waals surface area (Å²) in [5.74, 6) is 0.564. The zero-order chi connectivity index (χ0) is 16.3. The van der Waals surface area contributed by atoms with Gasteiger partial charge in [0.1, 0.15) is 12.0 Å². The molecule has 3 aromatic rings. The number of nitrogens with one attached hydrogen (secondary N) is 1. The maximum absolute atomic E-state index is 12.3. The zero-order valence-corrected chi connectivity index (χ0v) is 13.2. The molecule has 2 aromatic heterocycles. The summed E-state index contributed by atoms with van der Waals surface area (Å²) in [5.41, 5.74) is 2.13. The standard InChI is InChI=1S/C16H15N3O3S/c1-12-19-16(11-22-12)13-5-7-15(8-6-13)23(20,21)18-10-14-4-2-3-9-17-14/h2-9,11,18H,10H2,1H3. The van der Waals surface area contributed by atoms with Crippen molar-refractivity contribution in [3.63, 3.8) is 0 Å². The molecular weight excluding hydrogens is 314 g/mol. The summed E-state index contributed by atoms with van der Waals surface area (Å²) in [6.07, 6.45) is 3.16. The Bertz CT molecular complexity index is 888. The molecule has 6 nitrogen and oxygen atoms in total. The molecule has 0 saturated carbocycles. The SMILES string of the molecule is Cc1nc(-c2ccc(S(=O)(=O)NCc3ccccn3)cc2)co1. The molecule has 7 heteroatoms. The predicted molar refractivity (Wildman–Crippen MR) is 84.9 cm³/mol. The fraction of sp³-hybridized carbons (Fsp3) is 0.125. The van der Waals surface area contributed by atoms with Crippen molar-refractivity contribution in [2.75, 3.05) is 0 Å². The number of pyridine rings is 1. The summed E-state index contributed by atoms with van der Waals surface area (Å²) in [6.45, 7) is 1.90. The fourth-order valence-electron chi connectivity index (χ4n) is 2.06. The van der Waals surface area contributed by atoms with Gasteiger partial charge in [-0.05, 0) is 24.3 Å². The van der Waals surface area contributed by atoms with E-state index in [4.69, 9.17) is 4.42 Å².